The SMILES string of the molecule is O=C(O)c1cn(Cc2ccc([N+](=O)[O-])cc2)c2nc(C(F)(F)F)nn2c1=O. The zero-order valence-electron chi connectivity index (χ0n) is 13.0. The molecule has 0 unspecified atom stereocenters. The van der Waals surface area contributed by atoms with Crippen LogP contribution in [0.3, 0.4) is 0 Å². The number of nitro groups is 1. The van der Waals surface area contributed by atoms with Gasteiger partial charge in [0.2, 0.25) is 5.78 Å². The van der Waals surface area contributed by atoms with Crippen LogP contribution in [0, 0.1) is 10.1 Å². The number of nitrogens with zero attached hydrogens (tertiary/aromatic N) is 5. The second kappa shape index (κ2) is 6.19. The fourth-order valence-electron chi connectivity index (χ4n) is 2.31. The van der Waals surface area contributed by atoms with Crippen LogP contribution in [0.2, 0.25) is 0 Å². The summed E-state index contributed by atoms with van der Waals surface area (Å²) >= 11 is 0. The van der Waals surface area contributed by atoms with Crippen LogP contribution >= 0.6 is 0 Å². The largest absolute Gasteiger partial charge is 0.477 e. The first-order chi connectivity index (χ1) is 12.6. The van der Waals surface area contributed by atoms with Gasteiger partial charge in [-0.2, -0.15) is 22.7 Å². The lowest BCUT2D eigenvalue weighted by molar-refractivity contribution is -0.384. The Morgan fingerprint density at radius 2 is 1.89 bits per heavy atom. The summed E-state index contributed by atoms with van der Waals surface area (Å²) < 4.78 is 39.9. The highest BCUT2D eigenvalue weighted by Crippen LogP contribution is 2.26. The van der Waals surface area contributed by atoms with Crippen molar-refractivity contribution in [2.75, 3.05) is 0 Å². The van der Waals surface area contributed by atoms with Crippen LogP contribution in [0.5, 0.6) is 0 Å². The summed E-state index contributed by atoms with van der Waals surface area (Å²) in [4.78, 5) is 36.6. The Balaban J connectivity index is 2.16. The van der Waals surface area contributed by atoms with Gasteiger partial charge in [0.25, 0.3) is 17.1 Å². The van der Waals surface area contributed by atoms with Gasteiger partial charge in [-0.3, -0.25) is 14.9 Å². The first-order valence-corrected chi connectivity index (χ1v) is 7.12. The molecule has 0 radical (unpaired) electrons. The van der Waals surface area contributed by atoms with Crippen LogP contribution in [-0.2, 0) is 12.7 Å². The molecule has 0 aliphatic heterocycles. The van der Waals surface area contributed by atoms with E-state index in [0.29, 0.717) is 5.56 Å². The number of aromatic nitrogens is 4. The Morgan fingerprint density at radius 3 is 2.41 bits per heavy atom. The number of hydrogen-bond acceptors (Lipinski definition) is 6. The number of alkyl halides is 3. The molecule has 0 spiro atoms. The maximum absolute atomic E-state index is 12.9. The monoisotopic (exact) mass is 383 g/mol. The summed E-state index contributed by atoms with van der Waals surface area (Å²) in [6, 6.07) is 5.04. The van der Waals surface area contributed by atoms with Gasteiger partial charge < -0.3 is 9.67 Å². The Bertz CT molecular complexity index is 1120. The van der Waals surface area contributed by atoms with Crippen LogP contribution in [-0.4, -0.2) is 35.2 Å². The molecule has 13 heteroatoms. The van der Waals surface area contributed by atoms with E-state index in [9.17, 15) is 32.9 Å². The first kappa shape index (κ1) is 18.0. The zero-order valence-corrected chi connectivity index (χ0v) is 13.0. The summed E-state index contributed by atoms with van der Waals surface area (Å²) in [7, 11) is 0. The van der Waals surface area contributed by atoms with Crippen LogP contribution in [0.15, 0.2) is 35.3 Å². The third-order valence-electron chi connectivity index (χ3n) is 3.54. The molecule has 0 fully saturated rings. The molecule has 0 aliphatic carbocycles. The summed E-state index contributed by atoms with van der Waals surface area (Å²) in [6.07, 6.45) is -4.09. The van der Waals surface area contributed by atoms with Gasteiger partial charge in [-0.1, -0.05) is 12.1 Å². The van der Waals surface area contributed by atoms with Crippen molar-refractivity contribution in [2.45, 2.75) is 12.7 Å². The van der Waals surface area contributed by atoms with E-state index in [2.05, 4.69) is 10.1 Å². The molecule has 0 amide bonds. The number of carboxylic acids is 1. The molecule has 1 aromatic carbocycles. The van der Waals surface area contributed by atoms with Gasteiger partial charge in [0.15, 0.2) is 0 Å². The molecule has 0 aliphatic rings. The normalized spacial score (nSPS) is 11.7. The van der Waals surface area contributed by atoms with Crippen molar-refractivity contribution in [3.05, 3.63) is 67.9 Å². The van der Waals surface area contributed by atoms with Gasteiger partial charge >= 0.3 is 12.1 Å². The third-order valence-corrected chi connectivity index (χ3v) is 3.54. The number of nitro benzene ring substituents is 1. The topological polar surface area (TPSA) is 133 Å². The summed E-state index contributed by atoms with van der Waals surface area (Å²) in [5.74, 6) is -3.77. The second-order valence-electron chi connectivity index (χ2n) is 5.35. The van der Waals surface area contributed by atoms with Crippen molar-refractivity contribution in [3.8, 4) is 0 Å². The molecular formula is C14H8F3N5O5. The maximum Gasteiger partial charge on any atom is 0.453 e. The molecule has 0 atom stereocenters. The highest BCUT2D eigenvalue weighted by Gasteiger charge is 2.37. The molecule has 0 saturated heterocycles. The lowest BCUT2D eigenvalue weighted by Gasteiger charge is -2.09. The van der Waals surface area contributed by atoms with Crippen molar-refractivity contribution in [2.24, 2.45) is 0 Å². The van der Waals surface area contributed by atoms with E-state index in [0.717, 1.165) is 10.8 Å². The Hall–Kier alpha value is -3.77. The van der Waals surface area contributed by atoms with Crippen molar-refractivity contribution in [3.63, 3.8) is 0 Å². The van der Waals surface area contributed by atoms with Gasteiger partial charge in [-0.05, 0) is 5.56 Å². The average molecular weight is 383 g/mol. The maximum atomic E-state index is 12.9. The standard InChI is InChI=1S/C14H8F3N5O5/c15-14(16,17)12-18-13-20(5-7-1-3-8(4-2-7)22(26)27)6-9(11(24)25)10(23)21(13)19-12/h1-4,6H,5H2,(H,24,25). The van der Waals surface area contributed by atoms with E-state index in [4.69, 9.17) is 5.11 Å². The van der Waals surface area contributed by atoms with Gasteiger partial charge in [0, 0.05) is 18.3 Å². The fraction of sp³-hybridized carbons (Fsp3) is 0.143. The van der Waals surface area contributed by atoms with E-state index in [1.54, 1.807) is 0 Å². The molecule has 140 valence electrons. The molecule has 2 aromatic heterocycles. The molecule has 3 aromatic rings. The highest BCUT2D eigenvalue weighted by molar-refractivity contribution is 5.87. The minimum atomic E-state index is -4.94. The van der Waals surface area contributed by atoms with E-state index in [1.807, 2.05) is 0 Å². The number of aromatic carboxylic acids is 1. The average Bonchev–Trinajstić information content (AvgIpc) is 3.04. The zero-order chi connectivity index (χ0) is 19.9. The minimum absolute atomic E-state index is 0.196. The lowest BCUT2D eigenvalue weighted by Crippen LogP contribution is -2.26. The number of non-ortho nitro benzene ring substituents is 1. The first-order valence-electron chi connectivity index (χ1n) is 7.12. The number of carboxylic acid groups (broad SMARTS) is 1. The minimum Gasteiger partial charge on any atom is -0.477 e. The highest BCUT2D eigenvalue weighted by atomic mass is 19.4. The number of hydrogen-bond donors (Lipinski definition) is 1. The fourth-order valence-corrected chi connectivity index (χ4v) is 2.31. The molecule has 1 N–H and O–H groups in total. The smallest absolute Gasteiger partial charge is 0.453 e. The summed E-state index contributed by atoms with van der Waals surface area (Å²) in [5.41, 5.74) is -1.86. The van der Waals surface area contributed by atoms with E-state index >= 15 is 0 Å². The predicted molar refractivity (Wildman–Crippen MR) is 81.4 cm³/mol. The van der Waals surface area contributed by atoms with Gasteiger partial charge in [0.1, 0.15) is 5.56 Å². The Morgan fingerprint density at radius 1 is 1.26 bits per heavy atom. The quantitative estimate of drug-likeness (QED) is 0.534. The Kier molecular flexibility index (Phi) is 4.13. The summed E-state index contributed by atoms with van der Waals surface area (Å²) in [5, 5.41) is 22.8. The lowest BCUT2D eigenvalue weighted by atomic mass is 10.2. The molecule has 0 bridgehead atoms. The Labute approximate surface area is 146 Å². The molecule has 2 heterocycles. The molecule has 10 nitrogen and oxygen atoms in total. The predicted octanol–water partition coefficient (Wildman–Crippen LogP) is 1.56. The number of halogens is 3. The van der Waals surface area contributed by atoms with E-state index < -0.39 is 39.8 Å². The number of benzene rings is 1. The van der Waals surface area contributed by atoms with Crippen LogP contribution in [0.1, 0.15) is 21.7 Å². The molecular weight excluding hydrogens is 375 g/mol. The van der Waals surface area contributed by atoms with Gasteiger partial charge in [-0.15, -0.1) is 5.10 Å². The molecule has 3 rings (SSSR count). The van der Waals surface area contributed by atoms with E-state index in [-0.39, 0.29) is 16.7 Å². The van der Waals surface area contributed by atoms with Crippen LogP contribution < -0.4 is 5.56 Å². The van der Waals surface area contributed by atoms with E-state index in [1.165, 1.54) is 24.3 Å². The van der Waals surface area contributed by atoms with Crippen molar-refractivity contribution < 1.29 is 28.0 Å². The van der Waals surface area contributed by atoms with Crippen LogP contribution in [0.4, 0.5) is 18.9 Å². The van der Waals surface area contributed by atoms with Crippen molar-refractivity contribution in [1.82, 2.24) is 19.2 Å². The van der Waals surface area contributed by atoms with Gasteiger partial charge in [-0.25, -0.2) is 4.79 Å². The third kappa shape index (κ3) is 3.33. The molecule has 27 heavy (non-hydrogen) atoms. The number of carbonyl (C=O) groups is 1. The summed E-state index contributed by atoms with van der Waals surface area (Å²) in [6.45, 7) is -0.196. The number of rotatable bonds is 4. The molecule has 0 saturated carbocycles. The van der Waals surface area contributed by atoms with Crippen LogP contribution in [0.25, 0.3) is 5.78 Å². The number of fused-ring (bicyclic) bond motifs is 1. The van der Waals surface area contributed by atoms with Crippen molar-refractivity contribution in [1.29, 1.82) is 0 Å². The second-order valence-corrected chi connectivity index (χ2v) is 5.35. The van der Waals surface area contributed by atoms with Crippen molar-refractivity contribution >= 4 is 17.4 Å². The van der Waals surface area contributed by atoms with Gasteiger partial charge in [0.05, 0.1) is 11.5 Å².